The lowest BCUT2D eigenvalue weighted by atomic mass is 10.00. The summed E-state index contributed by atoms with van der Waals surface area (Å²) in [6, 6.07) is 16.3. The summed E-state index contributed by atoms with van der Waals surface area (Å²) in [5, 5.41) is 15.1. The summed E-state index contributed by atoms with van der Waals surface area (Å²) in [5.41, 5.74) is 3.18. The number of hydrogen-bond acceptors (Lipinski definition) is 6. The van der Waals surface area contributed by atoms with Gasteiger partial charge in [0, 0.05) is 6.42 Å². The molecule has 3 aromatic rings. The molecule has 1 aliphatic rings. The molecule has 8 heteroatoms. The number of ether oxygens (including phenoxy) is 1. The molecule has 142 valence electrons. The van der Waals surface area contributed by atoms with Crippen LogP contribution in [0.2, 0.25) is 0 Å². The Morgan fingerprint density at radius 1 is 1.11 bits per heavy atom. The molecular formula is C20H18N4O4. The Morgan fingerprint density at radius 3 is 2.57 bits per heavy atom. The zero-order valence-electron chi connectivity index (χ0n) is 15.0. The maximum Gasteiger partial charge on any atom is 0.335 e. The first kappa shape index (κ1) is 17.6. The van der Waals surface area contributed by atoms with Crippen molar-refractivity contribution in [3.63, 3.8) is 0 Å². The van der Waals surface area contributed by atoms with Gasteiger partial charge < -0.3 is 15.3 Å². The fourth-order valence-corrected chi connectivity index (χ4v) is 3.30. The predicted octanol–water partition coefficient (Wildman–Crippen LogP) is 1.68. The van der Waals surface area contributed by atoms with Crippen molar-refractivity contribution in [2.75, 3.05) is 7.11 Å². The van der Waals surface area contributed by atoms with Crippen LogP contribution in [0.3, 0.4) is 0 Å². The largest absolute Gasteiger partial charge is 0.495 e. The Bertz CT molecular complexity index is 1160. The summed E-state index contributed by atoms with van der Waals surface area (Å²) in [4.78, 5) is 27.1. The Kier molecular flexibility index (Phi) is 4.44. The van der Waals surface area contributed by atoms with Crippen LogP contribution in [0.1, 0.15) is 23.6 Å². The number of nitrogens with one attached hydrogen (secondary N) is 2. The van der Waals surface area contributed by atoms with Gasteiger partial charge in [-0.2, -0.15) is 5.10 Å². The first-order chi connectivity index (χ1) is 13.6. The molecule has 0 bridgehead atoms. The van der Waals surface area contributed by atoms with E-state index in [1.54, 1.807) is 24.3 Å². The molecule has 2 heterocycles. The third-order valence-electron chi connectivity index (χ3n) is 4.66. The average molecular weight is 378 g/mol. The van der Waals surface area contributed by atoms with Crippen molar-refractivity contribution >= 4 is 5.71 Å². The molecule has 28 heavy (non-hydrogen) atoms. The highest BCUT2D eigenvalue weighted by Gasteiger charge is 2.28. The summed E-state index contributed by atoms with van der Waals surface area (Å²) in [6.07, 6.45) is 0.394. The fraction of sp³-hybridized carbons (Fsp3) is 0.150. The maximum atomic E-state index is 12.5. The number of H-pyrrole nitrogens is 1. The second-order valence-corrected chi connectivity index (χ2v) is 6.32. The van der Waals surface area contributed by atoms with Gasteiger partial charge in [0.2, 0.25) is 5.88 Å². The van der Waals surface area contributed by atoms with Crippen molar-refractivity contribution < 1.29 is 9.84 Å². The van der Waals surface area contributed by atoms with E-state index in [1.165, 1.54) is 7.11 Å². The molecule has 4 rings (SSSR count). The highest BCUT2D eigenvalue weighted by atomic mass is 16.5. The summed E-state index contributed by atoms with van der Waals surface area (Å²) >= 11 is 0. The van der Waals surface area contributed by atoms with E-state index in [2.05, 4.69) is 15.5 Å². The van der Waals surface area contributed by atoms with Gasteiger partial charge in [0.25, 0.3) is 5.56 Å². The SMILES string of the molecule is COc1ccccc1-n1c(O)c(C2=NNC(c3ccccc3)C2)c(=O)[nH]c1=O. The number of aromatic hydroxyl groups is 1. The summed E-state index contributed by atoms with van der Waals surface area (Å²) in [7, 11) is 1.46. The number of aromatic nitrogens is 2. The zero-order chi connectivity index (χ0) is 19.7. The Hall–Kier alpha value is -3.81. The zero-order valence-corrected chi connectivity index (χ0v) is 15.0. The molecule has 0 saturated carbocycles. The number of aromatic amines is 1. The first-order valence-electron chi connectivity index (χ1n) is 8.69. The lowest BCUT2D eigenvalue weighted by molar-refractivity contribution is 0.401. The van der Waals surface area contributed by atoms with E-state index < -0.39 is 17.1 Å². The van der Waals surface area contributed by atoms with Crippen LogP contribution in [0.15, 0.2) is 69.3 Å². The minimum Gasteiger partial charge on any atom is -0.495 e. The van der Waals surface area contributed by atoms with E-state index in [4.69, 9.17) is 4.74 Å². The van der Waals surface area contributed by atoms with Gasteiger partial charge in [-0.1, -0.05) is 42.5 Å². The fourth-order valence-electron chi connectivity index (χ4n) is 3.30. The Morgan fingerprint density at radius 2 is 1.82 bits per heavy atom. The van der Waals surface area contributed by atoms with E-state index >= 15 is 0 Å². The van der Waals surface area contributed by atoms with E-state index in [0.29, 0.717) is 23.6 Å². The molecular weight excluding hydrogens is 360 g/mol. The van der Waals surface area contributed by atoms with Crippen LogP contribution in [0, 0.1) is 0 Å². The van der Waals surface area contributed by atoms with Crippen LogP contribution < -0.4 is 21.4 Å². The molecule has 0 aliphatic carbocycles. The van der Waals surface area contributed by atoms with E-state index in [0.717, 1.165) is 10.1 Å². The van der Waals surface area contributed by atoms with Crippen LogP contribution in [0.25, 0.3) is 5.69 Å². The molecule has 1 atom stereocenters. The summed E-state index contributed by atoms with van der Waals surface area (Å²) in [6.45, 7) is 0. The van der Waals surface area contributed by atoms with E-state index in [9.17, 15) is 14.7 Å². The summed E-state index contributed by atoms with van der Waals surface area (Å²) in [5.74, 6) is -0.0981. The third-order valence-corrected chi connectivity index (χ3v) is 4.66. The van der Waals surface area contributed by atoms with Crippen molar-refractivity contribution in [1.82, 2.24) is 15.0 Å². The van der Waals surface area contributed by atoms with Crippen molar-refractivity contribution in [2.45, 2.75) is 12.5 Å². The Labute approximate surface area is 159 Å². The predicted molar refractivity (Wildman–Crippen MR) is 104 cm³/mol. The molecule has 0 fully saturated rings. The minimum absolute atomic E-state index is 0.0450. The van der Waals surface area contributed by atoms with Gasteiger partial charge in [0.1, 0.15) is 11.3 Å². The molecule has 0 spiro atoms. The van der Waals surface area contributed by atoms with Gasteiger partial charge in [-0.25, -0.2) is 9.36 Å². The van der Waals surface area contributed by atoms with Crippen molar-refractivity contribution in [1.29, 1.82) is 0 Å². The number of benzene rings is 2. The lowest BCUT2D eigenvalue weighted by Gasteiger charge is -2.14. The van der Waals surface area contributed by atoms with Gasteiger partial charge in [0.05, 0.1) is 24.6 Å². The topological polar surface area (TPSA) is 109 Å². The molecule has 1 aliphatic heterocycles. The molecule has 1 aromatic heterocycles. The highest BCUT2D eigenvalue weighted by Crippen LogP contribution is 2.29. The van der Waals surface area contributed by atoms with Gasteiger partial charge >= 0.3 is 5.69 Å². The monoisotopic (exact) mass is 378 g/mol. The number of rotatable bonds is 4. The maximum absolute atomic E-state index is 12.5. The second-order valence-electron chi connectivity index (χ2n) is 6.32. The third kappa shape index (κ3) is 2.94. The van der Waals surface area contributed by atoms with Crippen LogP contribution >= 0.6 is 0 Å². The standard InChI is InChI=1S/C20H18N4O4/c1-28-16-10-6-5-9-15(16)24-19(26)17(18(25)21-20(24)27)14-11-13(22-23-14)12-7-3-2-4-8-12/h2-10,13,22,26H,11H2,1H3,(H,21,25,27). The molecule has 0 radical (unpaired) electrons. The number of hydrazone groups is 1. The second kappa shape index (κ2) is 7.07. The molecule has 1 unspecified atom stereocenters. The van der Waals surface area contributed by atoms with Crippen LogP contribution in [0.5, 0.6) is 11.6 Å². The molecule has 8 nitrogen and oxygen atoms in total. The van der Waals surface area contributed by atoms with Gasteiger partial charge in [0.15, 0.2) is 0 Å². The van der Waals surface area contributed by atoms with Crippen molar-refractivity contribution in [2.24, 2.45) is 5.10 Å². The molecule has 0 amide bonds. The average Bonchev–Trinajstić information content (AvgIpc) is 3.18. The lowest BCUT2D eigenvalue weighted by Crippen LogP contribution is -2.33. The van der Waals surface area contributed by atoms with Crippen molar-refractivity contribution in [3.05, 3.63) is 86.6 Å². The number of hydrogen-bond donors (Lipinski definition) is 3. The normalized spacial score (nSPS) is 15.8. The smallest absolute Gasteiger partial charge is 0.335 e. The minimum atomic E-state index is -0.762. The molecule has 2 aromatic carbocycles. The summed E-state index contributed by atoms with van der Waals surface area (Å²) < 4.78 is 6.28. The van der Waals surface area contributed by atoms with Crippen LogP contribution in [0.4, 0.5) is 0 Å². The number of nitrogens with zero attached hydrogens (tertiary/aromatic N) is 2. The number of para-hydroxylation sites is 2. The van der Waals surface area contributed by atoms with Gasteiger partial charge in [-0.3, -0.25) is 9.78 Å². The van der Waals surface area contributed by atoms with E-state index in [-0.39, 0.29) is 11.6 Å². The van der Waals surface area contributed by atoms with Crippen molar-refractivity contribution in [3.8, 4) is 17.3 Å². The van der Waals surface area contributed by atoms with Gasteiger partial charge in [-0.15, -0.1) is 0 Å². The first-order valence-corrected chi connectivity index (χ1v) is 8.69. The molecule has 0 saturated heterocycles. The Balaban J connectivity index is 1.79. The molecule has 3 N–H and O–H groups in total. The van der Waals surface area contributed by atoms with Crippen LogP contribution in [-0.2, 0) is 0 Å². The van der Waals surface area contributed by atoms with Crippen LogP contribution in [-0.4, -0.2) is 27.5 Å². The highest BCUT2D eigenvalue weighted by molar-refractivity contribution is 6.03. The van der Waals surface area contributed by atoms with E-state index in [1.807, 2.05) is 30.3 Å². The van der Waals surface area contributed by atoms with Gasteiger partial charge in [-0.05, 0) is 17.7 Å². The number of methoxy groups -OCH3 is 1. The quantitative estimate of drug-likeness (QED) is 0.640.